The van der Waals surface area contributed by atoms with Crippen LogP contribution in [0.4, 0.5) is 5.69 Å². The number of fused-ring (bicyclic) bond motifs is 1. The number of hydrogen-bond donors (Lipinski definition) is 0. The summed E-state index contributed by atoms with van der Waals surface area (Å²) in [6.07, 6.45) is 2.54. The van der Waals surface area contributed by atoms with Gasteiger partial charge in [0.05, 0.1) is 24.8 Å². The fourth-order valence-electron chi connectivity index (χ4n) is 3.44. The summed E-state index contributed by atoms with van der Waals surface area (Å²) in [5.74, 6) is 0.901. The summed E-state index contributed by atoms with van der Waals surface area (Å²) >= 11 is 0. The number of allylic oxidation sites excluding steroid dienone is 1. The molecule has 0 aliphatic carbocycles. The average Bonchev–Trinajstić information content (AvgIpc) is 2.54. The fraction of sp³-hybridized carbons (Fsp3) is 0.286. The first-order chi connectivity index (χ1) is 11.4. The minimum atomic E-state index is -0.364. The molecule has 0 saturated carbocycles. The van der Waals surface area contributed by atoms with E-state index >= 15 is 0 Å². The van der Waals surface area contributed by atoms with E-state index in [-0.39, 0.29) is 11.4 Å². The third kappa shape index (κ3) is 2.94. The maximum atomic E-state index is 13.1. The Morgan fingerprint density at radius 2 is 1.83 bits per heavy atom. The summed E-state index contributed by atoms with van der Waals surface area (Å²) in [5, 5.41) is 0. The Balaban J connectivity index is 2.02. The molecule has 1 aliphatic rings. The molecule has 1 amide bonds. The molecule has 1 heterocycles. The van der Waals surface area contributed by atoms with Crippen LogP contribution in [0.15, 0.2) is 54.6 Å². The molecule has 3 rings (SSSR count). The van der Waals surface area contributed by atoms with Gasteiger partial charge in [-0.1, -0.05) is 36.4 Å². The van der Waals surface area contributed by atoms with Gasteiger partial charge in [-0.05, 0) is 50.1 Å². The van der Waals surface area contributed by atoms with Gasteiger partial charge in [-0.15, -0.1) is 0 Å². The van der Waals surface area contributed by atoms with Gasteiger partial charge in [0.15, 0.2) is 0 Å². The molecule has 0 bridgehead atoms. The Hall–Kier alpha value is -2.55. The molecule has 0 fully saturated rings. The summed E-state index contributed by atoms with van der Waals surface area (Å²) in [6, 6.07) is 15.8. The standard InChI is InChI=1S/C21H23NO2/c1-15-14-21(2,3)22(19-11-10-17(24-4)13-18(15)19)20(23)12-16-8-6-5-7-9-16/h5-11,13-14H,12H2,1-4H3. The summed E-state index contributed by atoms with van der Waals surface area (Å²) in [5.41, 5.74) is 3.83. The van der Waals surface area contributed by atoms with Gasteiger partial charge in [0.2, 0.25) is 5.91 Å². The topological polar surface area (TPSA) is 29.5 Å². The number of carbonyl (C=O) groups excluding carboxylic acids is 1. The second-order valence-corrected chi connectivity index (χ2v) is 6.76. The van der Waals surface area contributed by atoms with E-state index in [4.69, 9.17) is 4.74 Å². The van der Waals surface area contributed by atoms with Gasteiger partial charge in [0, 0.05) is 5.56 Å². The molecule has 0 aromatic heterocycles. The Labute approximate surface area is 143 Å². The molecule has 0 N–H and O–H groups in total. The molecule has 3 heteroatoms. The quantitative estimate of drug-likeness (QED) is 0.835. The van der Waals surface area contributed by atoms with E-state index in [2.05, 4.69) is 26.8 Å². The number of amides is 1. The Morgan fingerprint density at radius 1 is 1.12 bits per heavy atom. The largest absolute Gasteiger partial charge is 0.497 e. The molecule has 1 aliphatic heterocycles. The summed E-state index contributed by atoms with van der Waals surface area (Å²) in [6.45, 7) is 6.23. The normalized spacial score (nSPS) is 15.5. The van der Waals surface area contributed by atoms with Gasteiger partial charge in [0.25, 0.3) is 0 Å². The van der Waals surface area contributed by atoms with E-state index in [1.807, 2.05) is 53.4 Å². The van der Waals surface area contributed by atoms with Gasteiger partial charge in [0.1, 0.15) is 5.75 Å². The van der Waals surface area contributed by atoms with Crippen LogP contribution in [0.1, 0.15) is 31.9 Å². The predicted octanol–water partition coefficient (Wildman–Crippen LogP) is 4.47. The van der Waals surface area contributed by atoms with Crippen molar-refractivity contribution in [3.63, 3.8) is 0 Å². The smallest absolute Gasteiger partial charge is 0.232 e. The summed E-state index contributed by atoms with van der Waals surface area (Å²) in [7, 11) is 1.66. The molecule has 0 radical (unpaired) electrons. The minimum Gasteiger partial charge on any atom is -0.497 e. The van der Waals surface area contributed by atoms with Crippen LogP contribution in [-0.4, -0.2) is 18.6 Å². The van der Waals surface area contributed by atoms with E-state index in [0.717, 1.165) is 28.1 Å². The lowest BCUT2D eigenvalue weighted by molar-refractivity contribution is -0.118. The molecule has 0 spiro atoms. The van der Waals surface area contributed by atoms with Gasteiger partial charge >= 0.3 is 0 Å². The predicted molar refractivity (Wildman–Crippen MR) is 98.4 cm³/mol. The highest BCUT2D eigenvalue weighted by Crippen LogP contribution is 2.40. The molecule has 2 aromatic rings. The molecular formula is C21H23NO2. The van der Waals surface area contributed by atoms with Crippen molar-refractivity contribution in [2.75, 3.05) is 12.0 Å². The Kier molecular flexibility index (Phi) is 4.18. The third-order valence-corrected chi connectivity index (χ3v) is 4.46. The monoisotopic (exact) mass is 321 g/mol. The highest BCUT2D eigenvalue weighted by atomic mass is 16.5. The van der Waals surface area contributed by atoms with Crippen LogP contribution in [-0.2, 0) is 11.2 Å². The molecule has 2 aromatic carbocycles. The number of carbonyl (C=O) groups is 1. The Morgan fingerprint density at radius 3 is 2.50 bits per heavy atom. The molecule has 3 nitrogen and oxygen atoms in total. The lowest BCUT2D eigenvalue weighted by Crippen LogP contribution is -2.49. The van der Waals surface area contributed by atoms with Crippen LogP contribution in [0, 0.1) is 0 Å². The van der Waals surface area contributed by atoms with Crippen molar-refractivity contribution in [1.82, 2.24) is 0 Å². The van der Waals surface area contributed by atoms with Crippen molar-refractivity contribution >= 4 is 17.2 Å². The lowest BCUT2D eigenvalue weighted by atomic mass is 9.88. The maximum Gasteiger partial charge on any atom is 0.232 e. The molecule has 0 saturated heterocycles. The van der Waals surface area contributed by atoms with Crippen LogP contribution in [0.5, 0.6) is 5.75 Å². The van der Waals surface area contributed by atoms with Crippen LogP contribution >= 0.6 is 0 Å². The van der Waals surface area contributed by atoms with Crippen LogP contribution in [0.2, 0.25) is 0 Å². The number of rotatable bonds is 3. The summed E-state index contributed by atoms with van der Waals surface area (Å²) in [4.78, 5) is 15.0. The number of ether oxygens (including phenoxy) is 1. The molecule has 24 heavy (non-hydrogen) atoms. The van der Waals surface area contributed by atoms with Crippen LogP contribution < -0.4 is 9.64 Å². The molecular weight excluding hydrogens is 298 g/mol. The van der Waals surface area contributed by atoms with E-state index in [1.54, 1.807) is 7.11 Å². The zero-order valence-electron chi connectivity index (χ0n) is 14.7. The maximum absolute atomic E-state index is 13.1. The number of methoxy groups -OCH3 is 1. The van der Waals surface area contributed by atoms with Crippen LogP contribution in [0.3, 0.4) is 0 Å². The van der Waals surface area contributed by atoms with Crippen molar-refractivity contribution in [1.29, 1.82) is 0 Å². The fourth-order valence-corrected chi connectivity index (χ4v) is 3.44. The Bertz CT molecular complexity index is 791. The second-order valence-electron chi connectivity index (χ2n) is 6.76. The molecule has 0 atom stereocenters. The van der Waals surface area contributed by atoms with Gasteiger partial charge in [-0.2, -0.15) is 0 Å². The van der Waals surface area contributed by atoms with E-state index in [9.17, 15) is 4.79 Å². The first-order valence-corrected chi connectivity index (χ1v) is 8.17. The zero-order chi connectivity index (χ0) is 17.3. The van der Waals surface area contributed by atoms with Crippen molar-refractivity contribution < 1.29 is 9.53 Å². The number of benzene rings is 2. The highest BCUT2D eigenvalue weighted by Gasteiger charge is 2.35. The van der Waals surface area contributed by atoms with E-state index in [1.165, 1.54) is 0 Å². The van der Waals surface area contributed by atoms with Gasteiger partial charge in [-0.3, -0.25) is 4.79 Å². The minimum absolute atomic E-state index is 0.0985. The van der Waals surface area contributed by atoms with E-state index < -0.39 is 0 Å². The average molecular weight is 321 g/mol. The van der Waals surface area contributed by atoms with Crippen molar-refractivity contribution in [3.8, 4) is 5.75 Å². The van der Waals surface area contributed by atoms with Crippen molar-refractivity contribution in [2.45, 2.75) is 32.7 Å². The SMILES string of the molecule is COc1ccc2c(c1)C(C)=CC(C)(C)N2C(=O)Cc1ccccc1. The van der Waals surface area contributed by atoms with Gasteiger partial charge < -0.3 is 9.64 Å². The molecule has 124 valence electrons. The first-order valence-electron chi connectivity index (χ1n) is 8.17. The van der Waals surface area contributed by atoms with Crippen molar-refractivity contribution in [2.24, 2.45) is 0 Å². The summed E-state index contributed by atoms with van der Waals surface area (Å²) < 4.78 is 5.34. The second kappa shape index (κ2) is 6.16. The number of anilines is 1. The van der Waals surface area contributed by atoms with Gasteiger partial charge in [-0.25, -0.2) is 0 Å². The van der Waals surface area contributed by atoms with Crippen molar-refractivity contribution in [3.05, 3.63) is 65.7 Å². The number of hydrogen-bond acceptors (Lipinski definition) is 2. The van der Waals surface area contributed by atoms with E-state index in [0.29, 0.717) is 6.42 Å². The highest BCUT2D eigenvalue weighted by molar-refractivity contribution is 6.01. The lowest BCUT2D eigenvalue weighted by Gasteiger charge is -2.41. The molecule has 0 unspecified atom stereocenters. The third-order valence-electron chi connectivity index (χ3n) is 4.46. The first kappa shape index (κ1) is 16.3. The van der Waals surface area contributed by atoms with Crippen LogP contribution in [0.25, 0.3) is 5.57 Å². The zero-order valence-corrected chi connectivity index (χ0v) is 14.7. The number of nitrogens with zero attached hydrogens (tertiary/aromatic N) is 1.